The van der Waals surface area contributed by atoms with Gasteiger partial charge in [-0.05, 0) is 19.9 Å². The average Bonchev–Trinajstić information content (AvgIpc) is 3.02. The molecule has 100 valence electrons. The molecule has 0 amide bonds. The molecule has 0 spiro atoms. The number of aromatic nitrogens is 1. The summed E-state index contributed by atoms with van der Waals surface area (Å²) in [7, 11) is 0. The highest BCUT2D eigenvalue weighted by Gasteiger charge is 2.25. The minimum atomic E-state index is 0.786. The first kappa shape index (κ1) is 12.5. The molecule has 2 saturated heterocycles. The Morgan fingerprint density at radius 2 is 2.22 bits per heavy atom. The second-order valence-corrected chi connectivity index (χ2v) is 6.38. The van der Waals surface area contributed by atoms with Crippen molar-refractivity contribution in [3.63, 3.8) is 0 Å². The minimum absolute atomic E-state index is 0.786. The van der Waals surface area contributed by atoms with E-state index in [4.69, 9.17) is 0 Å². The van der Waals surface area contributed by atoms with E-state index in [1.165, 1.54) is 56.4 Å². The Morgan fingerprint density at radius 1 is 1.39 bits per heavy atom. The van der Waals surface area contributed by atoms with E-state index in [0.29, 0.717) is 0 Å². The normalized spacial score (nSPS) is 26.8. The molecule has 3 rings (SSSR count). The van der Waals surface area contributed by atoms with Gasteiger partial charge >= 0.3 is 0 Å². The highest BCUT2D eigenvalue weighted by molar-refractivity contribution is 7.09. The summed E-state index contributed by atoms with van der Waals surface area (Å²) < 4.78 is 0. The Morgan fingerprint density at radius 3 is 2.83 bits per heavy atom. The summed E-state index contributed by atoms with van der Waals surface area (Å²) in [5.41, 5.74) is 1.24. The second kappa shape index (κ2) is 5.65. The zero-order valence-corrected chi connectivity index (χ0v) is 11.9. The van der Waals surface area contributed by atoms with Crippen LogP contribution in [0.5, 0.6) is 0 Å². The van der Waals surface area contributed by atoms with Gasteiger partial charge in [0.2, 0.25) is 0 Å². The van der Waals surface area contributed by atoms with E-state index in [-0.39, 0.29) is 0 Å². The Bertz CT molecular complexity index is 378. The fourth-order valence-corrected chi connectivity index (χ4v) is 3.55. The second-order valence-electron chi connectivity index (χ2n) is 5.32. The van der Waals surface area contributed by atoms with E-state index >= 15 is 0 Å². The highest BCUT2D eigenvalue weighted by atomic mass is 32.1. The lowest BCUT2D eigenvalue weighted by molar-refractivity contribution is 0.0974. The van der Waals surface area contributed by atoms with Crippen molar-refractivity contribution >= 4 is 11.3 Å². The van der Waals surface area contributed by atoms with Gasteiger partial charge in [0.1, 0.15) is 0 Å². The van der Waals surface area contributed by atoms with Gasteiger partial charge in [-0.25, -0.2) is 4.98 Å². The van der Waals surface area contributed by atoms with E-state index in [0.717, 1.165) is 12.6 Å². The van der Waals surface area contributed by atoms with Gasteiger partial charge in [-0.2, -0.15) is 0 Å². The van der Waals surface area contributed by atoms with E-state index in [1.807, 2.05) is 0 Å². The third-order valence-corrected chi connectivity index (χ3v) is 4.83. The maximum absolute atomic E-state index is 4.55. The molecule has 0 saturated carbocycles. The molecule has 1 aromatic heterocycles. The molecule has 0 aromatic carbocycles. The molecule has 1 atom stereocenters. The maximum atomic E-state index is 4.55. The van der Waals surface area contributed by atoms with Crippen molar-refractivity contribution in [2.45, 2.75) is 25.9 Å². The van der Waals surface area contributed by atoms with Crippen molar-refractivity contribution in [2.75, 3.05) is 39.3 Å². The van der Waals surface area contributed by atoms with Crippen LogP contribution in [0.25, 0.3) is 0 Å². The number of piperazine rings is 1. The number of hydrogen-bond acceptors (Lipinski definition) is 5. The Hall–Kier alpha value is -0.490. The SMILES string of the molecule is Cc1nc(CN2CCN(C3CCNC3)CC2)cs1. The van der Waals surface area contributed by atoms with Crippen LogP contribution in [0.4, 0.5) is 0 Å². The predicted molar refractivity (Wildman–Crippen MR) is 75.0 cm³/mol. The zero-order chi connectivity index (χ0) is 12.4. The van der Waals surface area contributed by atoms with Crippen LogP contribution in [-0.4, -0.2) is 60.1 Å². The molecule has 4 nitrogen and oxygen atoms in total. The van der Waals surface area contributed by atoms with Crippen LogP contribution in [0.2, 0.25) is 0 Å². The lowest BCUT2D eigenvalue weighted by Gasteiger charge is -2.37. The fraction of sp³-hybridized carbons (Fsp3) is 0.769. The number of nitrogens with one attached hydrogen (secondary N) is 1. The third kappa shape index (κ3) is 2.91. The number of aryl methyl sites for hydroxylation is 1. The van der Waals surface area contributed by atoms with Gasteiger partial charge in [0.15, 0.2) is 0 Å². The van der Waals surface area contributed by atoms with Crippen LogP contribution in [0.1, 0.15) is 17.1 Å². The van der Waals surface area contributed by atoms with Crippen molar-refractivity contribution in [2.24, 2.45) is 0 Å². The Kier molecular flexibility index (Phi) is 3.94. The molecule has 3 heterocycles. The van der Waals surface area contributed by atoms with E-state index in [1.54, 1.807) is 11.3 Å². The van der Waals surface area contributed by atoms with E-state index in [9.17, 15) is 0 Å². The summed E-state index contributed by atoms with van der Waals surface area (Å²) in [6.07, 6.45) is 1.32. The van der Waals surface area contributed by atoms with Gasteiger partial charge in [-0.15, -0.1) is 11.3 Å². The zero-order valence-electron chi connectivity index (χ0n) is 11.1. The number of nitrogens with zero attached hydrogens (tertiary/aromatic N) is 3. The molecule has 2 aliphatic rings. The van der Waals surface area contributed by atoms with Gasteiger partial charge < -0.3 is 5.32 Å². The molecule has 1 aromatic rings. The minimum Gasteiger partial charge on any atom is -0.315 e. The van der Waals surface area contributed by atoms with Crippen molar-refractivity contribution < 1.29 is 0 Å². The maximum Gasteiger partial charge on any atom is 0.0897 e. The van der Waals surface area contributed by atoms with E-state index < -0.39 is 0 Å². The van der Waals surface area contributed by atoms with Crippen LogP contribution in [0.3, 0.4) is 0 Å². The van der Waals surface area contributed by atoms with Crippen molar-refractivity contribution in [3.05, 3.63) is 16.1 Å². The average molecular weight is 266 g/mol. The van der Waals surface area contributed by atoms with Gasteiger partial charge in [-0.1, -0.05) is 0 Å². The molecule has 0 aliphatic carbocycles. The smallest absolute Gasteiger partial charge is 0.0897 e. The predicted octanol–water partition coefficient (Wildman–Crippen LogP) is 0.931. The summed E-state index contributed by atoms with van der Waals surface area (Å²) >= 11 is 1.76. The lowest BCUT2D eigenvalue weighted by atomic mass is 10.2. The van der Waals surface area contributed by atoms with Gasteiger partial charge in [0.05, 0.1) is 10.7 Å². The summed E-state index contributed by atoms with van der Waals surface area (Å²) in [5.74, 6) is 0. The number of hydrogen-bond donors (Lipinski definition) is 1. The first-order valence-corrected chi connectivity index (χ1v) is 7.77. The number of thiazole rings is 1. The summed E-state index contributed by atoms with van der Waals surface area (Å²) in [6, 6.07) is 0.786. The quantitative estimate of drug-likeness (QED) is 0.882. The number of rotatable bonds is 3. The molecular formula is C13H22N4S. The third-order valence-electron chi connectivity index (χ3n) is 4.01. The summed E-state index contributed by atoms with van der Waals surface area (Å²) in [4.78, 5) is 9.75. The van der Waals surface area contributed by atoms with Gasteiger partial charge in [0, 0.05) is 50.7 Å². The van der Waals surface area contributed by atoms with Crippen molar-refractivity contribution in [1.29, 1.82) is 0 Å². The Balaban J connectivity index is 1.47. The topological polar surface area (TPSA) is 31.4 Å². The van der Waals surface area contributed by atoms with Crippen LogP contribution in [0, 0.1) is 6.92 Å². The Labute approximate surface area is 113 Å². The molecule has 1 N–H and O–H groups in total. The molecule has 2 aliphatic heterocycles. The van der Waals surface area contributed by atoms with Crippen LogP contribution < -0.4 is 5.32 Å². The summed E-state index contributed by atoms with van der Waals surface area (Å²) in [5, 5.41) is 6.84. The van der Waals surface area contributed by atoms with Crippen molar-refractivity contribution in [3.8, 4) is 0 Å². The first-order valence-electron chi connectivity index (χ1n) is 6.89. The molecule has 18 heavy (non-hydrogen) atoms. The molecule has 1 unspecified atom stereocenters. The van der Waals surface area contributed by atoms with Crippen molar-refractivity contribution in [1.82, 2.24) is 20.1 Å². The van der Waals surface area contributed by atoms with Crippen LogP contribution >= 0.6 is 11.3 Å². The van der Waals surface area contributed by atoms with Gasteiger partial charge in [-0.3, -0.25) is 9.80 Å². The fourth-order valence-electron chi connectivity index (χ4n) is 2.95. The molecule has 0 radical (unpaired) electrons. The van der Waals surface area contributed by atoms with Gasteiger partial charge in [0.25, 0.3) is 0 Å². The molecular weight excluding hydrogens is 244 g/mol. The van der Waals surface area contributed by atoms with Crippen LogP contribution in [-0.2, 0) is 6.54 Å². The van der Waals surface area contributed by atoms with E-state index in [2.05, 4.69) is 32.4 Å². The monoisotopic (exact) mass is 266 g/mol. The van der Waals surface area contributed by atoms with Crippen LogP contribution in [0.15, 0.2) is 5.38 Å². The highest BCUT2D eigenvalue weighted by Crippen LogP contribution is 2.15. The molecule has 5 heteroatoms. The standard InChI is InChI=1S/C13H22N4S/c1-11-15-12(10-18-11)9-16-4-6-17(7-5-16)13-2-3-14-8-13/h10,13-14H,2-9H2,1H3. The molecule has 2 fully saturated rings. The summed E-state index contributed by atoms with van der Waals surface area (Å²) in [6.45, 7) is 10.3. The largest absolute Gasteiger partial charge is 0.315 e. The lowest BCUT2D eigenvalue weighted by Crippen LogP contribution is -2.50. The molecule has 0 bridgehead atoms. The first-order chi connectivity index (χ1) is 8.81.